The van der Waals surface area contributed by atoms with Crippen LogP contribution in [0.4, 0.5) is 5.69 Å². The van der Waals surface area contributed by atoms with Crippen molar-refractivity contribution in [3.8, 4) is 0 Å². The molecule has 1 N–H and O–H groups in total. The van der Waals surface area contributed by atoms with Gasteiger partial charge >= 0.3 is 0 Å². The van der Waals surface area contributed by atoms with Gasteiger partial charge < -0.3 is 10.1 Å². The largest absolute Gasteiger partial charge is 0.382 e. The number of ether oxygens (including phenoxy) is 1. The lowest BCUT2D eigenvalue weighted by atomic mass is 9.95. The molecule has 2 nitrogen and oxygen atoms in total. The highest BCUT2D eigenvalue weighted by Crippen LogP contribution is 2.25. The fraction of sp³-hybridized carbons (Fsp3) is 0.444. The smallest absolute Gasteiger partial charge is 0.0617 e. The molecule has 2 unspecified atom stereocenters. The molecule has 0 aromatic heterocycles. The molecule has 0 radical (unpaired) electrons. The Labute approximate surface area is 121 Å². The summed E-state index contributed by atoms with van der Waals surface area (Å²) in [4.78, 5) is 0. The van der Waals surface area contributed by atoms with Gasteiger partial charge in [0.25, 0.3) is 0 Å². The zero-order chi connectivity index (χ0) is 13.9. The second-order valence-corrected chi connectivity index (χ2v) is 6.08. The monoisotopic (exact) mass is 269 g/mol. The van der Waals surface area contributed by atoms with Gasteiger partial charge in [-0.05, 0) is 41.7 Å². The minimum atomic E-state index is 0.390. The lowest BCUT2D eigenvalue weighted by Crippen LogP contribution is -2.36. The van der Waals surface area contributed by atoms with Gasteiger partial charge in [-0.1, -0.05) is 44.2 Å². The molecule has 0 saturated carbocycles. The molecular weight excluding hydrogens is 246 g/mol. The second-order valence-electron chi connectivity index (χ2n) is 6.08. The van der Waals surface area contributed by atoms with E-state index >= 15 is 0 Å². The summed E-state index contributed by atoms with van der Waals surface area (Å²) in [6, 6.07) is 15.6. The van der Waals surface area contributed by atoms with Crippen LogP contribution in [-0.2, 0) is 4.74 Å². The van der Waals surface area contributed by atoms with Crippen LogP contribution < -0.4 is 5.32 Å². The lowest BCUT2D eigenvalue weighted by Gasteiger charge is -2.33. The highest BCUT2D eigenvalue weighted by molar-refractivity contribution is 5.85. The molecule has 2 aromatic carbocycles. The standard InChI is InChI=1S/C18H23NO/c1-13(2)18-12-17(9-10-20-18)19-16-8-7-14-5-3-4-6-15(14)11-16/h3-8,11,13,17-19H,9-10,12H2,1-2H3. The Balaban J connectivity index is 1.72. The SMILES string of the molecule is CC(C)C1CC(Nc2ccc3ccccc3c2)CCO1. The summed E-state index contributed by atoms with van der Waals surface area (Å²) in [5.74, 6) is 0.594. The van der Waals surface area contributed by atoms with Crippen molar-refractivity contribution in [2.24, 2.45) is 5.92 Å². The average molecular weight is 269 g/mol. The first-order chi connectivity index (χ1) is 9.72. The zero-order valence-corrected chi connectivity index (χ0v) is 12.3. The molecule has 0 aliphatic carbocycles. The van der Waals surface area contributed by atoms with E-state index in [-0.39, 0.29) is 0 Å². The van der Waals surface area contributed by atoms with E-state index in [1.807, 2.05) is 0 Å². The van der Waals surface area contributed by atoms with Crippen molar-refractivity contribution in [3.05, 3.63) is 42.5 Å². The van der Waals surface area contributed by atoms with E-state index in [1.165, 1.54) is 16.5 Å². The van der Waals surface area contributed by atoms with Crippen LogP contribution in [0.2, 0.25) is 0 Å². The number of benzene rings is 2. The molecule has 2 atom stereocenters. The minimum absolute atomic E-state index is 0.390. The molecule has 20 heavy (non-hydrogen) atoms. The van der Waals surface area contributed by atoms with Gasteiger partial charge in [0.2, 0.25) is 0 Å². The molecule has 2 heteroatoms. The second kappa shape index (κ2) is 5.84. The Hall–Kier alpha value is -1.54. The van der Waals surface area contributed by atoms with Crippen molar-refractivity contribution in [3.63, 3.8) is 0 Å². The molecule has 1 fully saturated rings. The van der Waals surface area contributed by atoms with Gasteiger partial charge in [0.15, 0.2) is 0 Å². The zero-order valence-electron chi connectivity index (χ0n) is 12.3. The topological polar surface area (TPSA) is 21.3 Å². The first-order valence-electron chi connectivity index (χ1n) is 7.59. The van der Waals surface area contributed by atoms with Crippen molar-refractivity contribution in [2.75, 3.05) is 11.9 Å². The van der Waals surface area contributed by atoms with Gasteiger partial charge in [-0.3, -0.25) is 0 Å². The van der Waals surface area contributed by atoms with Gasteiger partial charge in [-0.15, -0.1) is 0 Å². The van der Waals surface area contributed by atoms with Crippen LogP contribution in [0.5, 0.6) is 0 Å². The Morgan fingerprint density at radius 2 is 1.90 bits per heavy atom. The van der Waals surface area contributed by atoms with E-state index in [4.69, 9.17) is 4.74 Å². The quantitative estimate of drug-likeness (QED) is 0.888. The summed E-state index contributed by atoms with van der Waals surface area (Å²) in [5.41, 5.74) is 1.22. The van der Waals surface area contributed by atoms with Crippen LogP contribution in [0.25, 0.3) is 10.8 Å². The number of hydrogen-bond acceptors (Lipinski definition) is 2. The molecule has 0 amide bonds. The maximum atomic E-state index is 5.84. The molecule has 0 spiro atoms. The predicted molar refractivity (Wildman–Crippen MR) is 85.2 cm³/mol. The van der Waals surface area contributed by atoms with E-state index in [0.717, 1.165) is 19.4 Å². The van der Waals surface area contributed by atoms with Crippen molar-refractivity contribution < 1.29 is 4.74 Å². The van der Waals surface area contributed by atoms with Gasteiger partial charge in [0, 0.05) is 18.3 Å². The normalized spacial score (nSPS) is 23.1. The van der Waals surface area contributed by atoms with Gasteiger partial charge in [0.05, 0.1) is 6.10 Å². The van der Waals surface area contributed by atoms with Crippen molar-refractivity contribution in [1.82, 2.24) is 0 Å². The molecular formula is C18H23NO. The number of nitrogens with one attached hydrogen (secondary N) is 1. The van der Waals surface area contributed by atoms with Crippen LogP contribution in [0, 0.1) is 5.92 Å². The van der Waals surface area contributed by atoms with E-state index in [0.29, 0.717) is 18.1 Å². The molecule has 1 aliphatic heterocycles. The molecule has 2 aromatic rings. The van der Waals surface area contributed by atoms with Crippen LogP contribution in [-0.4, -0.2) is 18.8 Å². The molecule has 1 heterocycles. The average Bonchev–Trinajstić information content (AvgIpc) is 2.47. The van der Waals surface area contributed by atoms with Gasteiger partial charge in [0.1, 0.15) is 0 Å². The number of hydrogen-bond donors (Lipinski definition) is 1. The van der Waals surface area contributed by atoms with Crippen molar-refractivity contribution >= 4 is 16.5 Å². The summed E-state index contributed by atoms with van der Waals surface area (Å²) in [5, 5.41) is 6.27. The first kappa shape index (κ1) is 13.4. The van der Waals surface area contributed by atoms with Gasteiger partial charge in [-0.25, -0.2) is 0 Å². The van der Waals surface area contributed by atoms with E-state index in [1.54, 1.807) is 0 Å². The Bertz CT molecular complexity index is 578. The summed E-state index contributed by atoms with van der Waals surface area (Å²) in [7, 11) is 0. The first-order valence-corrected chi connectivity index (χ1v) is 7.59. The molecule has 3 rings (SSSR count). The third kappa shape index (κ3) is 2.96. The maximum Gasteiger partial charge on any atom is 0.0617 e. The molecule has 1 saturated heterocycles. The minimum Gasteiger partial charge on any atom is -0.382 e. The highest BCUT2D eigenvalue weighted by atomic mass is 16.5. The van der Waals surface area contributed by atoms with E-state index in [9.17, 15) is 0 Å². The summed E-state index contributed by atoms with van der Waals surface area (Å²) in [6.07, 6.45) is 2.59. The van der Waals surface area contributed by atoms with Crippen LogP contribution in [0.3, 0.4) is 0 Å². The van der Waals surface area contributed by atoms with Crippen molar-refractivity contribution in [2.45, 2.75) is 38.8 Å². The third-order valence-corrected chi connectivity index (χ3v) is 4.18. The summed E-state index contributed by atoms with van der Waals surface area (Å²) < 4.78 is 5.84. The lowest BCUT2D eigenvalue weighted by molar-refractivity contribution is -0.0160. The Kier molecular flexibility index (Phi) is 3.93. The predicted octanol–water partition coefficient (Wildman–Crippen LogP) is 4.46. The fourth-order valence-corrected chi connectivity index (χ4v) is 2.94. The molecule has 106 valence electrons. The highest BCUT2D eigenvalue weighted by Gasteiger charge is 2.24. The van der Waals surface area contributed by atoms with Crippen LogP contribution >= 0.6 is 0 Å². The third-order valence-electron chi connectivity index (χ3n) is 4.18. The Morgan fingerprint density at radius 3 is 2.70 bits per heavy atom. The number of anilines is 1. The van der Waals surface area contributed by atoms with Crippen LogP contribution in [0.1, 0.15) is 26.7 Å². The summed E-state index contributed by atoms with van der Waals surface area (Å²) in [6.45, 7) is 5.35. The van der Waals surface area contributed by atoms with Gasteiger partial charge in [-0.2, -0.15) is 0 Å². The van der Waals surface area contributed by atoms with Crippen LogP contribution in [0.15, 0.2) is 42.5 Å². The fourth-order valence-electron chi connectivity index (χ4n) is 2.94. The van der Waals surface area contributed by atoms with E-state index < -0.39 is 0 Å². The Morgan fingerprint density at radius 1 is 1.10 bits per heavy atom. The number of rotatable bonds is 3. The number of fused-ring (bicyclic) bond motifs is 1. The van der Waals surface area contributed by atoms with Crippen molar-refractivity contribution in [1.29, 1.82) is 0 Å². The maximum absolute atomic E-state index is 5.84. The molecule has 0 bridgehead atoms. The summed E-state index contributed by atoms with van der Waals surface area (Å²) >= 11 is 0. The van der Waals surface area contributed by atoms with E-state index in [2.05, 4.69) is 61.6 Å². The molecule has 1 aliphatic rings.